The van der Waals surface area contributed by atoms with E-state index in [4.69, 9.17) is 0 Å². The van der Waals surface area contributed by atoms with Crippen molar-refractivity contribution in [3.05, 3.63) is 73.1 Å². The quantitative estimate of drug-likeness (QED) is 0.414. The molecule has 0 amide bonds. The maximum absolute atomic E-state index is 4.69. The van der Waals surface area contributed by atoms with Gasteiger partial charge in [0.05, 0.1) is 5.69 Å². The van der Waals surface area contributed by atoms with Crippen LogP contribution in [0.15, 0.2) is 73.1 Å². The van der Waals surface area contributed by atoms with E-state index in [0.29, 0.717) is 5.95 Å². The van der Waals surface area contributed by atoms with Crippen LogP contribution in [0.25, 0.3) is 11.3 Å². The number of benzene rings is 2. The third-order valence-electron chi connectivity index (χ3n) is 5.43. The third-order valence-corrected chi connectivity index (χ3v) is 5.43. The van der Waals surface area contributed by atoms with Crippen LogP contribution in [0.1, 0.15) is 46.5 Å². The molecule has 2 aromatic carbocycles. The maximum Gasteiger partial charge on any atom is 0.227 e. The van der Waals surface area contributed by atoms with E-state index in [1.54, 1.807) is 6.20 Å². The van der Waals surface area contributed by atoms with Crippen LogP contribution in [-0.4, -0.2) is 23.1 Å². The Labute approximate surface area is 192 Å². The van der Waals surface area contributed by atoms with Gasteiger partial charge in [-0.25, -0.2) is 9.97 Å². The van der Waals surface area contributed by atoms with Crippen molar-refractivity contribution >= 4 is 23.0 Å². The van der Waals surface area contributed by atoms with E-state index >= 15 is 0 Å². The normalized spacial score (nSPS) is 13.0. The van der Waals surface area contributed by atoms with Crippen LogP contribution >= 0.6 is 0 Å². The molecule has 32 heavy (non-hydrogen) atoms. The topological polar surface area (TPSA) is 53.1 Å². The van der Waals surface area contributed by atoms with Gasteiger partial charge in [0.15, 0.2) is 0 Å². The van der Waals surface area contributed by atoms with E-state index in [2.05, 4.69) is 75.4 Å². The molecule has 0 bridgehead atoms. The number of aromatic nitrogens is 2. The number of rotatable bonds is 7. The summed E-state index contributed by atoms with van der Waals surface area (Å²) in [6.07, 6.45) is 6.60. The van der Waals surface area contributed by atoms with Crippen LogP contribution in [-0.2, 0) is 0 Å². The average Bonchev–Trinajstić information content (AvgIpc) is 2.87. The number of nitrogens with zero attached hydrogens (tertiary/aromatic N) is 3. The Kier molecular flexibility index (Phi) is 8.67. The molecule has 1 saturated heterocycles. The molecule has 2 N–H and O–H groups in total. The molecule has 2 heterocycles. The highest BCUT2D eigenvalue weighted by Crippen LogP contribution is 2.24. The van der Waals surface area contributed by atoms with Crippen LogP contribution in [0.5, 0.6) is 0 Å². The summed E-state index contributed by atoms with van der Waals surface area (Å²) >= 11 is 0. The molecule has 1 aromatic heterocycles. The first-order valence-electron chi connectivity index (χ1n) is 11.7. The monoisotopic (exact) mass is 429 g/mol. The summed E-state index contributed by atoms with van der Waals surface area (Å²) < 4.78 is 0. The van der Waals surface area contributed by atoms with Crippen molar-refractivity contribution in [3.8, 4) is 11.3 Å². The third kappa shape index (κ3) is 6.33. The van der Waals surface area contributed by atoms with Gasteiger partial charge in [-0.3, -0.25) is 0 Å². The lowest BCUT2D eigenvalue weighted by Gasteiger charge is -2.28. The van der Waals surface area contributed by atoms with Crippen molar-refractivity contribution in [3.63, 3.8) is 0 Å². The van der Waals surface area contributed by atoms with Crippen LogP contribution in [0.2, 0.25) is 0 Å². The zero-order valence-electron chi connectivity index (χ0n) is 19.6. The zero-order chi connectivity index (χ0) is 22.8. The molecule has 0 radical (unpaired) electrons. The van der Waals surface area contributed by atoms with Crippen LogP contribution in [0.4, 0.5) is 23.0 Å². The highest BCUT2D eigenvalue weighted by atomic mass is 15.1. The molecule has 168 valence electrons. The van der Waals surface area contributed by atoms with Gasteiger partial charge in [0.2, 0.25) is 5.95 Å². The van der Waals surface area contributed by atoms with Crippen molar-refractivity contribution < 1.29 is 0 Å². The molecule has 5 heteroatoms. The summed E-state index contributed by atoms with van der Waals surface area (Å²) in [6.45, 7) is 12.4. The Bertz CT molecular complexity index is 974. The minimum atomic E-state index is 0.597. The van der Waals surface area contributed by atoms with Gasteiger partial charge >= 0.3 is 0 Å². The lowest BCUT2D eigenvalue weighted by molar-refractivity contribution is 0.578. The minimum Gasteiger partial charge on any atom is -0.372 e. The predicted octanol–water partition coefficient (Wildman–Crippen LogP) is 7.24. The van der Waals surface area contributed by atoms with Gasteiger partial charge in [0.25, 0.3) is 0 Å². The van der Waals surface area contributed by atoms with Gasteiger partial charge in [0.1, 0.15) is 0 Å². The molecule has 1 aliphatic rings. The summed E-state index contributed by atoms with van der Waals surface area (Å²) in [5.74, 6) is 0.597. The zero-order valence-corrected chi connectivity index (χ0v) is 19.6. The van der Waals surface area contributed by atoms with Crippen molar-refractivity contribution in [2.45, 2.75) is 46.5 Å². The Morgan fingerprint density at radius 2 is 1.56 bits per heavy atom. The maximum atomic E-state index is 4.69. The predicted molar refractivity (Wildman–Crippen MR) is 138 cm³/mol. The van der Waals surface area contributed by atoms with E-state index in [-0.39, 0.29) is 0 Å². The number of hydrogen-bond acceptors (Lipinski definition) is 5. The molecular formula is C27H35N5. The Morgan fingerprint density at radius 3 is 2.22 bits per heavy atom. The second-order valence-electron chi connectivity index (χ2n) is 7.64. The molecule has 0 aliphatic carbocycles. The molecule has 0 saturated carbocycles. The summed E-state index contributed by atoms with van der Waals surface area (Å²) in [6, 6.07) is 18.7. The lowest BCUT2D eigenvalue weighted by atomic mass is 10.1. The second kappa shape index (κ2) is 11.9. The molecule has 1 fully saturated rings. The Morgan fingerprint density at radius 1 is 0.906 bits per heavy atom. The van der Waals surface area contributed by atoms with Crippen LogP contribution < -0.4 is 15.5 Å². The fraction of sp³-hybridized carbons (Fsp3) is 0.333. The summed E-state index contributed by atoms with van der Waals surface area (Å²) in [4.78, 5) is 11.5. The average molecular weight is 430 g/mol. The first kappa shape index (κ1) is 23.3. The standard InChI is InChI=1S/C25H29N5.C2H6/c1-3-19(2)27-21-9-7-20(8-10-21)24-15-16-26-25(29-24)28-22-11-13-23(14-12-22)30-17-5-4-6-18-30;1-2/h7-16,27H,2-6,17-18H2,1H3,(H,26,28,29);1-2H3. The van der Waals surface area contributed by atoms with E-state index in [1.807, 2.05) is 32.0 Å². The van der Waals surface area contributed by atoms with Crippen molar-refractivity contribution in [2.24, 2.45) is 0 Å². The molecule has 4 rings (SSSR count). The van der Waals surface area contributed by atoms with E-state index < -0.39 is 0 Å². The first-order chi connectivity index (χ1) is 15.7. The number of piperidine rings is 1. The van der Waals surface area contributed by atoms with Gasteiger partial charge in [-0.2, -0.15) is 0 Å². The molecule has 0 spiro atoms. The van der Waals surface area contributed by atoms with Gasteiger partial charge in [-0.05, 0) is 68.1 Å². The number of anilines is 4. The SMILES string of the molecule is C=C(CC)Nc1ccc(-c2ccnc(Nc3ccc(N4CCCCC4)cc3)n2)cc1.CC. The van der Waals surface area contributed by atoms with E-state index in [1.165, 1.54) is 24.9 Å². The van der Waals surface area contributed by atoms with E-state index in [9.17, 15) is 0 Å². The van der Waals surface area contributed by atoms with Crippen LogP contribution in [0.3, 0.4) is 0 Å². The van der Waals surface area contributed by atoms with Gasteiger partial charge in [0, 0.05) is 47.6 Å². The molecule has 1 aliphatic heterocycles. The lowest BCUT2D eigenvalue weighted by Crippen LogP contribution is -2.29. The molecular weight excluding hydrogens is 394 g/mol. The molecule has 0 atom stereocenters. The smallest absolute Gasteiger partial charge is 0.227 e. The Hall–Kier alpha value is -3.34. The molecule has 5 nitrogen and oxygen atoms in total. The fourth-order valence-corrected chi connectivity index (χ4v) is 3.63. The summed E-state index contributed by atoms with van der Waals surface area (Å²) in [5.41, 5.74) is 6.25. The molecule has 3 aromatic rings. The first-order valence-corrected chi connectivity index (χ1v) is 11.7. The van der Waals surface area contributed by atoms with E-state index in [0.717, 1.165) is 47.8 Å². The second-order valence-corrected chi connectivity index (χ2v) is 7.64. The highest BCUT2D eigenvalue weighted by Gasteiger charge is 2.11. The summed E-state index contributed by atoms with van der Waals surface area (Å²) in [7, 11) is 0. The van der Waals surface area contributed by atoms with Crippen molar-refractivity contribution in [2.75, 3.05) is 28.6 Å². The van der Waals surface area contributed by atoms with Crippen molar-refractivity contribution in [1.82, 2.24) is 9.97 Å². The minimum absolute atomic E-state index is 0.597. The van der Waals surface area contributed by atoms with Crippen molar-refractivity contribution in [1.29, 1.82) is 0 Å². The largest absolute Gasteiger partial charge is 0.372 e. The summed E-state index contributed by atoms with van der Waals surface area (Å²) in [5, 5.41) is 6.62. The van der Waals surface area contributed by atoms with Gasteiger partial charge in [-0.1, -0.05) is 39.5 Å². The Balaban J connectivity index is 0.00000141. The number of allylic oxidation sites excluding steroid dienone is 1. The van der Waals surface area contributed by atoms with Crippen LogP contribution in [0, 0.1) is 0 Å². The number of hydrogen-bond donors (Lipinski definition) is 2. The van der Waals surface area contributed by atoms with Gasteiger partial charge in [-0.15, -0.1) is 0 Å². The molecule has 0 unspecified atom stereocenters. The number of nitrogens with one attached hydrogen (secondary N) is 2. The fourth-order valence-electron chi connectivity index (χ4n) is 3.63. The van der Waals surface area contributed by atoms with Gasteiger partial charge < -0.3 is 15.5 Å². The highest BCUT2D eigenvalue weighted by molar-refractivity contribution is 5.65.